The minimum atomic E-state index is -0.248. The standard InChI is InChI=1S/C13H17FO2/c1-10(15)5-3-4-6-11-9-12(14)7-8-13(11)16-2/h7-9H,3-6H2,1-2H3. The molecule has 0 amide bonds. The highest BCUT2D eigenvalue weighted by atomic mass is 19.1. The molecule has 0 bridgehead atoms. The number of ether oxygens (including phenoxy) is 1. The van der Waals surface area contributed by atoms with E-state index in [4.69, 9.17) is 4.74 Å². The summed E-state index contributed by atoms with van der Waals surface area (Å²) in [7, 11) is 1.58. The fraction of sp³-hybridized carbons (Fsp3) is 0.462. The van der Waals surface area contributed by atoms with Crippen molar-refractivity contribution in [2.45, 2.75) is 32.6 Å². The molecular formula is C13H17FO2. The van der Waals surface area contributed by atoms with E-state index in [9.17, 15) is 9.18 Å². The number of halogens is 1. The average molecular weight is 224 g/mol. The number of hydrogen-bond donors (Lipinski definition) is 0. The number of rotatable bonds is 6. The Morgan fingerprint density at radius 2 is 2.12 bits per heavy atom. The highest BCUT2D eigenvalue weighted by Crippen LogP contribution is 2.21. The van der Waals surface area contributed by atoms with E-state index in [2.05, 4.69) is 0 Å². The maximum Gasteiger partial charge on any atom is 0.129 e. The van der Waals surface area contributed by atoms with E-state index in [1.807, 2.05) is 0 Å². The van der Waals surface area contributed by atoms with E-state index >= 15 is 0 Å². The van der Waals surface area contributed by atoms with Gasteiger partial charge >= 0.3 is 0 Å². The number of ketones is 1. The number of aryl methyl sites for hydroxylation is 1. The highest BCUT2D eigenvalue weighted by Gasteiger charge is 2.04. The van der Waals surface area contributed by atoms with Crippen molar-refractivity contribution in [3.8, 4) is 5.75 Å². The Hall–Kier alpha value is -1.38. The molecule has 2 nitrogen and oxygen atoms in total. The van der Waals surface area contributed by atoms with Gasteiger partial charge in [0.05, 0.1) is 7.11 Å². The number of carbonyl (C=O) groups excluding carboxylic acids is 1. The molecule has 0 aliphatic carbocycles. The van der Waals surface area contributed by atoms with Crippen LogP contribution >= 0.6 is 0 Å². The molecule has 0 N–H and O–H groups in total. The molecule has 1 aromatic carbocycles. The first kappa shape index (κ1) is 12.7. The van der Waals surface area contributed by atoms with Crippen molar-refractivity contribution in [2.24, 2.45) is 0 Å². The number of hydrogen-bond acceptors (Lipinski definition) is 2. The van der Waals surface area contributed by atoms with Crippen LogP contribution in [-0.2, 0) is 11.2 Å². The molecule has 0 saturated heterocycles. The molecule has 0 fully saturated rings. The average Bonchev–Trinajstić information content (AvgIpc) is 2.24. The van der Waals surface area contributed by atoms with Crippen LogP contribution in [0.2, 0.25) is 0 Å². The van der Waals surface area contributed by atoms with Crippen LogP contribution in [0, 0.1) is 5.82 Å². The van der Waals surface area contributed by atoms with Crippen LogP contribution in [0.1, 0.15) is 31.7 Å². The van der Waals surface area contributed by atoms with Gasteiger partial charge in [0.2, 0.25) is 0 Å². The Kier molecular flexibility index (Phi) is 4.96. The van der Waals surface area contributed by atoms with Crippen LogP contribution in [0.15, 0.2) is 18.2 Å². The van der Waals surface area contributed by atoms with Crippen molar-refractivity contribution in [3.05, 3.63) is 29.6 Å². The summed E-state index contributed by atoms with van der Waals surface area (Å²) in [6.07, 6.45) is 3.06. The molecule has 3 heteroatoms. The van der Waals surface area contributed by atoms with Crippen LogP contribution in [0.3, 0.4) is 0 Å². The van der Waals surface area contributed by atoms with Gasteiger partial charge in [-0.3, -0.25) is 0 Å². The smallest absolute Gasteiger partial charge is 0.129 e. The lowest BCUT2D eigenvalue weighted by atomic mass is 10.0. The predicted molar refractivity (Wildman–Crippen MR) is 61.2 cm³/mol. The summed E-state index contributed by atoms with van der Waals surface area (Å²) in [4.78, 5) is 10.7. The van der Waals surface area contributed by atoms with E-state index < -0.39 is 0 Å². The summed E-state index contributed by atoms with van der Waals surface area (Å²) in [6.45, 7) is 1.59. The largest absolute Gasteiger partial charge is 0.496 e. The molecule has 0 radical (unpaired) electrons. The monoisotopic (exact) mass is 224 g/mol. The third-order valence-corrected chi connectivity index (χ3v) is 2.47. The van der Waals surface area contributed by atoms with Gasteiger partial charge in [0, 0.05) is 6.42 Å². The molecule has 0 heterocycles. The molecule has 0 spiro atoms. The Morgan fingerprint density at radius 3 is 2.75 bits per heavy atom. The van der Waals surface area contributed by atoms with Crippen LogP contribution in [0.4, 0.5) is 4.39 Å². The van der Waals surface area contributed by atoms with Crippen LogP contribution in [0.25, 0.3) is 0 Å². The minimum absolute atomic E-state index is 0.200. The Morgan fingerprint density at radius 1 is 1.38 bits per heavy atom. The van der Waals surface area contributed by atoms with Gasteiger partial charge in [0.15, 0.2) is 0 Å². The van der Waals surface area contributed by atoms with Gasteiger partial charge in [-0.25, -0.2) is 4.39 Å². The fourth-order valence-corrected chi connectivity index (χ4v) is 1.63. The third-order valence-electron chi connectivity index (χ3n) is 2.47. The van der Waals surface area contributed by atoms with Gasteiger partial charge in [-0.15, -0.1) is 0 Å². The van der Waals surface area contributed by atoms with Crippen LogP contribution in [0.5, 0.6) is 5.75 Å². The molecular weight excluding hydrogens is 207 g/mol. The van der Waals surface area contributed by atoms with Crippen molar-refractivity contribution in [3.63, 3.8) is 0 Å². The van der Waals surface area contributed by atoms with Gasteiger partial charge in [-0.05, 0) is 49.9 Å². The van der Waals surface area contributed by atoms with Gasteiger partial charge in [0.25, 0.3) is 0 Å². The predicted octanol–water partition coefficient (Wildman–Crippen LogP) is 3.14. The molecule has 0 atom stereocenters. The fourth-order valence-electron chi connectivity index (χ4n) is 1.63. The first-order valence-electron chi connectivity index (χ1n) is 5.45. The first-order valence-corrected chi connectivity index (χ1v) is 5.45. The molecule has 0 aromatic heterocycles. The molecule has 88 valence electrons. The van der Waals surface area contributed by atoms with Crippen molar-refractivity contribution in [1.29, 1.82) is 0 Å². The zero-order valence-corrected chi connectivity index (χ0v) is 9.75. The minimum Gasteiger partial charge on any atom is -0.496 e. The molecule has 16 heavy (non-hydrogen) atoms. The topological polar surface area (TPSA) is 26.3 Å². The van der Waals surface area contributed by atoms with Gasteiger partial charge in [-0.2, -0.15) is 0 Å². The number of benzene rings is 1. The lowest BCUT2D eigenvalue weighted by molar-refractivity contribution is -0.117. The summed E-state index contributed by atoms with van der Waals surface area (Å²) in [6, 6.07) is 4.51. The Balaban J connectivity index is 2.51. The number of unbranched alkanes of at least 4 members (excludes halogenated alkanes) is 1. The van der Waals surface area contributed by atoms with Crippen LogP contribution < -0.4 is 4.74 Å². The first-order chi connectivity index (χ1) is 7.63. The maximum atomic E-state index is 13.0. The van der Waals surface area contributed by atoms with Crippen molar-refractivity contribution in [2.75, 3.05) is 7.11 Å². The SMILES string of the molecule is COc1ccc(F)cc1CCCCC(C)=O. The summed E-state index contributed by atoms with van der Waals surface area (Å²) >= 11 is 0. The molecule has 0 aliphatic rings. The summed E-state index contributed by atoms with van der Waals surface area (Å²) in [5.41, 5.74) is 0.867. The van der Waals surface area contributed by atoms with Crippen molar-refractivity contribution < 1.29 is 13.9 Å². The molecule has 1 aromatic rings. The third kappa shape index (κ3) is 4.01. The summed E-state index contributed by atoms with van der Waals surface area (Å²) < 4.78 is 18.2. The second-order valence-electron chi connectivity index (χ2n) is 3.87. The van der Waals surface area contributed by atoms with E-state index in [1.165, 1.54) is 12.1 Å². The van der Waals surface area contributed by atoms with Gasteiger partial charge in [0.1, 0.15) is 17.3 Å². The van der Waals surface area contributed by atoms with E-state index in [1.54, 1.807) is 20.1 Å². The van der Waals surface area contributed by atoms with Crippen molar-refractivity contribution >= 4 is 5.78 Å². The van der Waals surface area contributed by atoms with E-state index in [0.29, 0.717) is 12.2 Å². The summed E-state index contributed by atoms with van der Waals surface area (Å²) in [5.74, 6) is 0.665. The van der Waals surface area contributed by atoms with Crippen LogP contribution in [-0.4, -0.2) is 12.9 Å². The summed E-state index contributed by atoms with van der Waals surface area (Å²) in [5, 5.41) is 0. The number of methoxy groups -OCH3 is 1. The lowest BCUT2D eigenvalue weighted by Crippen LogP contribution is -1.95. The lowest BCUT2D eigenvalue weighted by Gasteiger charge is -2.07. The number of Topliss-reactive ketones (excluding diaryl/α,β-unsaturated/α-hetero) is 1. The molecule has 1 rings (SSSR count). The number of carbonyl (C=O) groups is 1. The van der Waals surface area contributed by atoms with E-state index in [-0.39, 0.29) is 11.6 Å². The molecule has 0 aliphatic heterocycles. The van der Waals surface area contributed by atoms with Crippen molar-refractivity contribution in [1.82, 2.24) is 0 Å². The maximum absolute atomic E-state index is 13.0. The Bertz CT molecular complexity index is 361. The zero-order valence-electron chi connectivity index (χ0n) is 9.75. The highest BCUT2D eigenvalue weighted by molar-refractivity contribution is 5.75. The normalized spacial score (nSPS) is 10.2. The molecule has 0 unspecified atom stereocenters. The van der Waals surface area contributed by atoms with E-state index in [0.717, 1.165) is 24.8 Å². The quantitative estimate of drug-likeness (QED) is 0.694. The molecule has 0 saturated carbocycles. The zero-order chi connectivity index (χ0) is 12.0. The second-order valence-corrected chi connectivity index (χ2v) is 3.87. The Labute approximate surface area is 95.4 Å². The van der Waals surface area contributed by atoms with Gasteiger partial charge < -0.3 is 9.53 Å². The second kappa shape index (κ2) is 6.26. The van der Waals surface area contributed by atoms with Gasteiger partial charge in [-0.1, -0.05) is 0 Å².